The highest BCUT2D eigenvalue weighted by molar-refractivity contribution is 6.62. The largest absolute Gasteiger partial charge is 0.499 e. The third-order valence-electron chi connectivity index (χ3n) is 3.54. The van der Waals surface area contributed by atoms with E-state index in [1.165, 1.54) is 12.3 Å². The fourth-order valence-electron chi connectivity index (χ4n) is 1.68. The van der Waals surface area contributed by atoms with Gasteiger partial charge in [0.15, 0.2) is 0 Å². The number of halogens is 1. The number of hydrogen-bond acceptors (Lipinski definition) is 3. The highest BCUT2D eigenvalue weighted by Gasteiger charge is 2.52. The van der Waals surface area contributed by atoms with Crippen LogP contribution in [0, 0.1) is 18.3 Å². The molecule has 1 fully saturated rings. The van der Waals surface area contributed by atoms with Crippen molar-refractivity contribution in [2.45, 2.75) is 38.9 Å². The van der Waals surface area contributed by atoms with Crippen molar-refractivity contribution in [3.05, 3.63) is 23.8 Å². The van der Waals surface area contributed by atoms with Gasteiger partial charge in [-0.2, -0.15) is 4.39 Å². The van der Waals surface area contributed by atoms with Crippen molar-refractivity contribution in [2.75, 3.05) is 0 Å². The smallest absolute Gasteiger partial charge is 0.399 e. The molecule has 1 saturated heterocycles. The fraction of sp³-hybridized carbons (Fsp3) is 0.462. The van der Waals surface area contributed by atoms with Crippen LogP contribution in [0.5, 0.6) is 0 Å². The van der Waals surface area contributed by atoms with Gasteiger partial charge >= 0.3 is 7.12 Å². The first kappa shape index (κ1) is 13.1. The summed E-state index contributed by atoms with van der Waals surface area (Å²) in [5.41, 5.74) is -0.294. The van der Waals surface area contributed by atoms with Gasteiger partial charge in [0.1, 0.15) is 0 Å². The molecule has 5 heteroatoms. The summed E-state index contributed by atoms with van der Waals surface area (Å²) in [5, 5.41) is 0. The maximum atomic E-state index is 13.7. The number of nitrogens with zero attached hydrogens (tertiary/aromatic N) is 1. The van der Waals surface area contributed by atoms with Gasteiger partial charge in [0.05, 0.1) is 11.2 Å². The van der Waals surface area contributed by atoms with E-state index < -0.39 is 24.3 Å². The van der Waals surface area contributed by atoms with E-state index in [9.17, 15) is 4.39 Å². The van der Waals surface area contributed by atoms with E-state index in [-0.39, 0.29) is 5.46 Å². The summed E-state index contributed by atoms with van der Waals surface area (Å²) in [6.07, 6.45) is 6.59. The minimum Gasteiger partial charge on any atom is -0.399 e. The maximum Gasteiger partial charge on any atom is 0.499 e. The zero-order chi connectivity index (χ0) is 13.6. The predicted molar refractivity (Wildman–Crippen MR) is 67.8 cm³/mol. The predicted octanol–water partition coefficient (Wildman–Crippen LogP) is 1.50. The lowest BCUT2D eigenvalue weighted by Gasteiger charge is -2.32. The zero-order valence-electron chi connectivity index (χ0n) is 11.0. The Kier molecular flexibility index (Phi) is 2.96. The van der Waals surface area contributed by atoms with Crippen molar-refractivity contribution < 1.29 is 13.7 Å². The lowest BCUT2D eigenvalue weighted by molar-refractivity contribution is 0.00578. The van der Waals surface area contributed by atoms with Gasteiger partial charge in [0.2, 0.25) is 5.95 Å². The standard InChI is InChI=1S/C13H15BFNO2/c1-6-9-7-10(11(15)16-8-9)14-17-12(2,3)13(4,5)18-14/h1,7-8H,2-5H3. The molecule has 0 spiro atoms. The molecule has 1 aromatic heterocycles. The van der Waals surface area contributed by atoms with E-state index in [0.29, 0.717) is 5.56 Å². The Morgan fingerprint density at radius 3 is 2.33 bits per heavy atom. The summed E-state index contributed by atoms with van der Waals surface area (Å²) < 4.78 is 25.2. The van der Waals surface area contributed by atoms with Crippen LogP contribution in [0.25, 0.3) is 0 Å². The molecule has 0 aliphatic carbocycles. The van der Waals surface area contributed by atoms with Crippen LogP contribution in [0.3, 0.4) is 0 Å². The van der Waals surface area contributed by atoms with Gasteiger partial charge in [0.25, 0.3) is 0 Å². The Morgan fingerprint density at radius 2 is 1.83 bits per heavy atom. The van der Waals surface area contributed by atoms with Crippen LogP contribution in [0.15, 0.2) is 12.3 Å². The molecule has 3 nitrogen and oxygen atoms in total. The van der Waals surface area contributed by atoms with Crippen LogP contribution in [0.4, 0.5) is 4.39 Å². The second kappa shape index (κ2) is 4.08. The molecule has 0 atom stereocenters. The summed E-state index contributed by atoms with van der Waals surface area (Å²) in [6, 6.07) is 1.53. The quantitative estimate of drug-likeness (QED) is 0.428. The van der Waals surface area contributed by atoms with Gasteiger partial charge < -0.3 is 9.31 Å². The van der Waals surface area contributed by atoms with E-state index >= 15 is 0 Å². The van der Waals surface area contributed by atoms with E-state index in [0.717, 1.165) is 0 Å². The Balaban J connectivity index is 2.38. The molecule has 0 amide bonds. The van der Waals surface area contributed by atoms with Crippen molar-refractivity contribution in [1.82, 2.24) is 4.98 Å². The molecule has 0 bridgehead atoms. The van der Waals surface area contributed by atoms with E-state index in [1.54, 1.807) is 0 Å². The molecule has 0 N–H and O–H groups in total. The molecule has 18 heavy (non-hydrogen) atoms. The second-order valence-corrected chi connectivity index (χ2v) is 5.34. The molecule has 0 unspecified atom stereocenters. The molecule has 2 heterocycles. The Labute approximate surface area is 107 Å². The average molecular weight is 247 g/mol. The van der Waals surface area contributed by atoms with Gasteiger partial charge in [-0.25, -0.2) is 4.98 Å². The molecule has 2 rings (SSSR count). The molecular weight excluding hydrogens is 232 g/mol. The molecule has 0 saturated carbocycles. The topological polar surface area (TPSA) is 31.4 Å². The highest BCUT2D eigenvalue weighted by Crippen LogP contribution is 2.36. The number of hydrogen-bond donors (Lipinski definition) is 0. The first-order chi connectivity index (χ1) is 8.27. The van der Waals surface area contributed by atoms with Crippen molar-refractivity contribution in [1.29, 1.82) is 0 Å². The third-order valence-corrected chi connectivity index (χ3v) is 3.54. The Morgan fingerprint density at radius 1 is 1.28 bits per heavy atom. The van der Waals surface area contributed by atoms with Crippen LogP contribution in [-0.2, 0) is 9.31 Å². The van der Waals surface area contributed by atoms with Gasteiger partial charge in [-0.15, -0.1) is 6.42 Å². The van der Waals surface area contributed by atoms with Crippen LogP contribution < -0.4 is 5.46 Å². The molecule has 1 aromatic rings. The fourth-order valence-corrected chi connectivity index (χ4v) is 1.68. The molecule has 0 radical (unpaired) electrons. The van der Waals surface area contributed by atoms with Gasteiger partial charge in [-0.3, -0.25) is 0 Å². The van der Waals surface area contributed by atoms with Crippen LogP contribution in [-0.4, -0.2) is 23.3 Å². The minimum atomic E-state index is -0.782. The minimum absolute atomic E-state index is 0.240. The van der Waals surface area contributed by atoms with Crippen molar-refractivity contribution in [3.8, 4) is 12.3 Å². The van der Waals surface area contributed by atoms with Crippen molar-refractivity contribution in [2.24, 2.45) is 0 Å². The monoisotopic (exact) mass is 247 g/mol. The SMILES string of the molecule is C#Cc1cnc(F)c(B2OC(C)(C)C(C)(C)O2)c1. The van der Waals surface area contributed by atoms with Crippen LogP contribution in [0.2, 0.25) is 0 Å². The molecular formula is C13H15BFNO2. The number of aromatic nitrogens is 1. The zero-order valence-corrected chi connectivity index (χ0v) is 11.0. The molecule has 94 valence electrons. The summed E-state index contributed by atoms with van der Waals surface area (Å²) in [7, 11) is -0.782. The average Bonchev–Trinajstić information content (AvgIpc) is 2.48. The van der Waals surface area contributed by atoms with Gasteiger partial charge in [0, 0.05) is 17.2 Å². The normalized spacial score (nSPS) is 20.8. The lowest BCUT2D eigenvalue weighted by Crippen LogP contribution is -2.41. The van der Waals surface area contributed by atoms with Crippen molar-refractivity contribution in [3.63, 3.8) is 0 Å². The number of rotatable bonds is 1. The van der Waals surface area contributed by atoms with E-state index in [4.69, 9.17) is 15.7 Å². The lowest BCUT2D eigenvalue weighted by atomic mass is 9.79. The van der Waals surface area contributed by atoms with Crippen LogP contribution in [0.1, 0.15) is 33.3 Å². The summed E-state index contributed by atoms with van der Waals surface area (Å²) in [5.74, 6) is 1.80. The van der Waals surface area contributed by atoms with Gasteiger partial charge in [-0.1, -0.05) is 5.92 Å². The van der Waals surface area contributed by atoms with Gasteiger partial charge in [-0.05, 0) is 33.8 Å². The van der Waals surface area contributed by atoms with E-state index in [2.05, 4.69) is 10.9 Å². The maximum absolute atomic E-state index is 13.7. The number of pyridine rings is 1. The first-order valence-electron chi connectivity index (χ1n) is 5.74. The number of terminal acetylenes is 1. The van der Waals surface area contributed by atoms with E-state index in [1.807, 2.05) is 27.7 Å². The molecule has 1 aliphatic rings. The molecule has 1 aliphatic heterocycles. The summed E-state index contributed by atoms with van der Waals surface area (Å²) >= 11 is 0. The summed E-state index contributed by atoms with van der Waals surface area (Å²) in [6.45, 7) is 7.62. The first-order valence-corrected chi connectivity index (χ1v) is 5.74. The summed E-state index contributed by atoms with van der Waals surface area (Å²) in [4.78, 5) is 3.62. The highest BCUT2D eigenvalue weighted by atomic mass is 19.1. The molecule has 0 aromatic carbocycles. The third kappa shape index (κ3) is 2.02. The Bertz CT molecular complexity index is 506. The second-order valence-electron chi connectivity index (χ2n) is 5.34. The van der Waals surface area contributed by atoms with Crippen molar-refractivity contribution >= 4 is 12.6 Å². The van der Waals surface area contributed by atoms with Crippen LogP contribution >= 0.6 is 0 Å². The Hall–Kier alpha value is -1.38.